The number of guanidine groups is 1. The van der Waals surface area contributed by atoms with Crippen LogP contribution in [-0.2, 0) is 0 Å². The van der Waals surface area contributed by atoms with Gasteiger partial charge in [-0.2, -0.15) is 4.99 Å². The van der Waals surface area contributed by atoms with E-state index in [1.165, 1.54) is 11.1 Å². The van der Waals surface area contributed by atoms with Gasteiger partial charge in [0.15, 0.2) is 5.96 Å². The lowest BCUT2D eigenvalue weighted by molar-refractivity contribution is 0.100. The third kappa shape index (κ3) is 4.32. The molecule has 0 unspecified atom stereocenters. The van der Waals surface area contributed by atoms with Gasteiger partial charge >= 0.3 is 0 Å². The number of nitrogens with two attached hydrogens (primary N) is 2. The van der Waals surface area contributed by atoms with Crippen molar-refractivity contribution in [2.75, 3.05) is 0 Å². The molecule has 116 valence electrons. The smallest absolute Gasteiger partial charge is 0.280 e. The summed E-state index contributed by atoms with van der Waals surface area (Å²) >= 11 is 0. The zero-order chi connectivity index (χ0) is 16.3. The van der Waals surface area contributed by atoms with E-state index in [1.54, 1.807) is 12.1 Å². The highest BCUT2D eigenvalue weighted by Gasteiger charge is 2.23. The van der Waals surface area contributed by atoms with Gasteiger partial charge in [-0.05, 0) is 48.4 Å². The fourth-order valence-electron chi connectivity index (χ4n) is 3.00. The van der Waals surface area contributed by atoms with E-state index in [1.807, 2.05) is 12.1 Å². The van der Waals surface area contributed by atoms with Crippen LogP contribution in [0.2, 0.25) is 0 Å². The Bertz CT molecular complexity index is 660. The molecule has 22 heavy (non-hydrogen) atoms. The molecule has 0 saturated heterocycles. The summed E-state index contributed by atoms with van der Waals surface area (Å²) in [5.41, 5.74) is 15.0. The summed E-state index contributed by atoms with van der Waals surface area (Å²) in [7, 11) is 0. The molecule has 4 N–H and O–H groups in total. The molecule has 1 aliphatic carbocycles. The summed E-state index contributed by atoms with van der Waals surface area (Å²) in [6.07, 6.45) is 6.61. The number of nitrogens with zero attached hydrogens (tertiary/aromatic N) is 1. The minimum Gasteiger partial charge on any atom is -0.370 e. The monoisotopic (exact) mass is 297 g/mol. The van der Waals surface area contributed by atoms with Gasteiger partial charge in [-0.1, -0.05) is 43.7 Å². The molecular formula is C18H23N3O. The van der Waals surface area contributed by atoms with E-state index in [2.05, 4.69) is 37.9 Å². The first-order valence-electron chi connectivity index (χ1n) is 7.37. The third-order valence-electron chi connectivity index (χ3n) is 3.61. The summed E-state index contributed by atoms with van der Waals surface area (Å²) in [5, 5.41) is 0. The van der Waals surface area contributed by atoms with Gasteiger partial charge in [-0.25, -0.2) is 0 Å². The quantitative estimate of drug-likeness (QED) is 0.649. The van der Waals surface area contributed by atoms with Gasteiger partial charge < -0.3 is 11.5 Å². The fourth-order valence-corrected chi connectivity index (χ4v) is 3.00. The first-order chi connectivity index (χ1) is 10.2. The molecule has 0 aliphatic heterocycles. The van der Waals surface area contributed by atoms with Crippen molar-refractivity contribution in [1.29, 1.82) is 0 Å². The van der Waals surface area contributed by atoms with E-state index in [0.29, 0.717) is 11.0 Å². The lowest BCUT2D eigenvalue weighted by atomic mass is 9.75. The van der Waals surface area contributed by atoms with Crippen LogP contribution in [0.4, 0.5) is 0 Å². The molecule has 1 aromatic rings. The molecule has 1 amide bonds. The summed E-state index contributed by atoms with van der Waals surface area (Å²) in [6.45, 7) is 6.74. The topological polar surface area (TPSA) is 81.5 Å². The molecule has 4 heteroatoms. The molecular weight excluding hydrogens is 274 g/mol. The molecule has 0 fully saturated rings. The number of aliphatic imine (C=N–C) groups is 1. The van der Waals surface area contributed by atoms with Crippen LogP contribution >= 0.6 is 0 Å². The SMILES string of the molecule is CC1=CC(=Cc2ccc(C(=O)N=C(N)N)cc2)CC(C)(C)C1. The van der Waals surface area contributed by atoms with Crippen LogP contribution in [0.25, 0.3) is 6.08 Å². The van der Waals surface area contributed by atoms with E-state index in [-0.39, 0.29) is 5.96 Å². The molecule has 1 aromatic carbocycles. The van der Waals surface area contributed by atoms with Gasteiger partial charge in [0.2, 0.25) is 0 Å². The van der Waals surface area contributed by atoms with Crippen LogP contribution in [0.5, 0.6) is 0 Å². The molecule has 0 atom stereocenters. The van der Waals surface area contributed by atoms with Crippen LogP contribution in [-0.4, -0.2) is 11.9 Å². The maximum atomic E-state index is 11.7. The van der Waals surface area contributed by atoms with Gasteiger partial charge in [-0.15, -0.1) is 0 Å². The van der Waals surface area contributed by atoms with Gasteiger partial charge in [-0.3, -0.25) is 4.79 Å². The van der Waals surface area contributed by atoms with Gasteiger partial charge in [0, 0.05) is 5.56 Å². The van der Waals surface area contributed by atoms with Crippen LogP contribution in [0, 0.1) is 5.41 Å². The maximum Gasteiger partial charge on any atom is 0.280 e. The van der Waals surface area contributed by atoms with Crippen LogP contribution < -0.4 is 11.5 Å². The van der Waals surface area contributed by atoms with E-state index < -0.39 is 5.91 Å². The van der Waals surface area contributed by atoms with Crippen molar-refractivity contribution in [1.82, 2.24) is 0 Å². The van der Waals surface area contributed by atoms with Crippen molar-refractivity contribution >= 4 is 17.9 Å². The largest absolute Gasteiger partial charge is 0.370 e. The average molecular weight is 297 g/mol. The summed E-state index contributed by atoms with van der Waals surface area (Å²) in [4.78, 5) is 15.2. The van der Waals surface area contributed by atoms with Crippen molar-refractivity contribution in [3.8, 4) is 0 Å². The van der Waals surface area contributed by atoms with E-state index >= 15 is 0 Å². The molecule has 0 aromatic heterocycles. The van der Waals surface area contributed by atoms with E-state index in [0.717, 1.165) is 18.4 Å². The second-order valence-corrected chi connectivity index (χ2v) is 6.69. The predicted octanol–water partition coefficient (Wildman–Crippen LogP) is 3.25. The molecule has 0 spiro atoms. The minimum atomic E-state index is -0.422. The summed E-state index contributed by atoms with van der Waals surface area (Å²) < 4.78 is 0. The zero-order valence-corrected chi connectivity index (χ0v) is 13.4. The zero-order valence-electron chi connectivity index (χ0n) is 13.4. The number of carbonyl (C=O) groups excluding carboxylic acids is 1. The van der Waals surface area contributed by atoms with Gasteiger partial charge in [0.05, 0.1) is 0 Å². The third-order valence-corrected chi connectivity index (χ3v) is 3.61. The number of benzene rings is 1. The molecule has 0 bridgehead atoms. The van der Waals surface area contributed by atoms with Crippen LogP contribution in [0.3, 0.4) is 0 Å². The van der Waals surface area contributed by atoms with Crippen molar-refractivity contribution in [3.63, 3.8) is 0 Å². The molecule has 0 saturated carbocycles. The number of rotatable bonds is 2. The Kier molecular flexibility index (Phi) is 4.50. The lowest BCUT2D eigenvalue weighted by Gasteiger charge is -2.30. The predicted molar refractivity (Wildman–Crippen MR) is 91.3 cm³/mol. The fraction of sp³-hybridized carbons (Fsp3) is 0.333. The van der Waals surface area contributed by atoms with Crippen molar-refractivity contribution in [2.45, 2.75) is 33.6 Å². The first-order valence-corrected chi connectivity index (χ1v) is 7.37. The highest BCUT2D eigenvalue weighted by molar-refractivity contribution is 6.01. The number of allylic oxidation sites excluding steroid dienone is 3. The Morgan fingerprint density at radius 2 is 1.82 bits per heavy atom. The highest BCUT2D eigenvalue weighted by Crippen LogP contribution is 2.38. The second kappa shape index (κ2) is 6.18. The highest BCUT2D eigenvalue weighted by atomic mass is 16.1. The van der Waals surface area contributed by atoms with Gasteiger partial charge in [0.1, 0.15) is 0 Å². The molecule has 0 radical (unpaired) electrons. The van der Waals surface area contributed by atoms with E-state index in [9.17, 15) is 4.79 Å². The summed E-state index contributed by atoms with van der Waals surface area (Å²) in [6, 6.07) is 7.30. The van der Waals surface area contributed by atoms with E-state index in [4.69, 9.17) is 11.5 Å². The summed E-state index contributed by atoms with van der Waals surface area (Å²) in [5.74, 6) is -0.644. The van der Waals surface area contributed by atoms with Crippen LogP contribution in [0.15, 0.2) is 46.5 Å². The number of amides is 1. The Hall–Kier alpha value is -2.36. The normalized spacial score (nSPS) is 18.7. The molecule has 1 aliphatic rings. The molecule has 4 nitrogen and oxygen atoms in total. The second-order valence-electron chi connectivity index (χ2n) is 6.69. The number of hydrogen-bond acceptors (Lipinski definition) is 1. The standard InChI is InChI=1S/C18H23N3O/c1-12-8-14(11-18(2,3)10-12)9-13-4-6-15(7-5-13)16(22)21-17(19)20/h4-9H,10-11H2,1-3H3,(H4,19,20,21,22). The van der Waals surface area contributed by atoms with Crippen molar-refractivity contribution < 1.29 is 4.79 Å². The first kappa shape index (κ1) is 16.0. The van der Waals surface area contributed by atoms with Crippen molar-refractivity contribution in [2.24, 2.45) is 21.9 Å². The number of hydrogen-bond donors (Lipinski definition) is 2. The average Bonchev–Trinajstić information content (AvgIpc) is 2.36. The Balaban J connectivity index is 2.21. The Morgan fingerprint density at radius 3 is 2.36 bits per heavy atom. The molecule has 0 heterocycles. The Morgan fingerprint density at radius 1 is 1.18 bits per heavy atom. The Labute approximate surface area is 131 Å². The lowest BCUT2D eigenvalue weighted by Crippen LogP contribution is -2.24. The maximum absolute atomic E-state index is 11.7. The van der Waals surface area contributed by atoms with Crippen LogP contribution in [0.1, 0.15) is 49.5 Å². The molecule has 2 rings (SSSR count). The van der Waals surface area contributed by atoms with Crippen molar-refractivity contribution in [3.05, 3.63) is 52.6 Å². The number of carbonyl (C=O) groups is 1. The van der Waals surface area contributed by atoms with Gasteiger partial charge in [0.25, 0.3) is 5.91 Å². The minimum absolute atomic E-state index is 0.221.